The Bertz CT molecular complexity index is 163. The third-order valence-electron chi connectivity index (χ3n) is 0.626. The summed E-state index contributed by atoms with van der Waals surface area (Å²) in [5.41, 5.74) is 0. The van der Waals surface area contributed by atoms with Crippen molar-refractivity contribution in [3.8, 4) is 0 Å². The summed E-state index contributed by atoms with van der Waals surface area (Å²) < 4.78 is 28.5. The van der Waals surface area contributed by atoms with Crippen molar-refractivity contribution in [2.45, 2.75) is 6.92 Å². The van der Waals surface area contributed by atoms with Crippen molar-refractivity contribution in [1.29, 1.82) is 0 Å². The van der Waals surface area contributed by atoms with E-state index in [9.17, 15) is 8.42 Å². The molecular formula is C4H10O3S3. The van der Waals surface area contributed by atoms with Crippen LogP contribution < -0.4 is 0 Å². The fraction of sp³-hybridized carbons (Fsp3) is 1.00. The van der Waals surface area contributed by atoms with Crippen LogP contribution in [0.4, 0.5) is 0 Å². The van der Waals surface area contributed by atoms with E-state index in [1.54, 1.807) is 10.8 Å². The first-order chi connectivity index (χ1) is 4.56. The van der Waals surface area contributed by atoms with E-state index >= 15 is 0 Å². The van der Waals surface area contributed by atoms with Crippen LogP contribution in [0, 0.1) is 0 Å². The maximum atomic E-state index is 10.1. The van der Waals surface area contributed by atoms with E-state index in [1.807, 2.05) is 6.92 Å². The first-order valence-corrected chi connectivity index (χ1v) is 6.85. The summed E-state index contributed by atoms with van der Waals surface area (Å²) in [4.78, 5) is 0. The predicted molar refractivity (Wildman–Crippen MR) is 47.0 cm³/mol. The van der Waals surface area contributed by atoms with Crippen molar-refractivity contribution in [2.24, 2.45) is 0 Å². The molecule has 0 amide bonds. The Morgan fingerprint density at radius 2 is 2.00 bits per heavy atom. The van der Waals surface area contributed by atoms with Crippen LogP contribution in [0.5, 0.6) is 0 Å². The average molecular weight is 202 g/mol. The molecule has 0 saturated heterocycles. The monoisotopic (exact) mass is 202 g/mol. The van der Waals surface area contributed by atoms with E-state index in [2.05, 4.69) is 0 Å². The van der Waals surface area contributed by atoms with Gasteiger partial charge in [0.15, 0.2) is 0 Å². The van der Waals surface area contributed by atoms with Gasteiger partial charge in [0.05, 0.1) is 5.75 Å². The van der Waals surface area contributed by atoms with E-state index in [4.69, 9.17) is 4.55 Å². The fourth-order valence-electron chi connectivity index (χ4n) is 0.282. The van der Waals surface area contributed by atoms with Crippen LogP contribution in [0.25, 0.3) is 0 Å². The second-order valence-corrected chi connectivity index (χ2v) is 5.96. The third-order valence-corrected chi connectivity index (χ3v) is 4.08. The molecule has 0 aromatic rings. The normalized spacial score (nSPS) is 11.8. The van der Waals surface area contributed by atoms with Gasteiger partial charge in [0.25, 0.3) is 10.1 Å². The lowest BCUT2D eigenvalue weighted by Crippen LogP contribution is -2.05. The van der Waals surface area contributed by atoms with Crippen LogP contribution in [0.1, 0.15) is 6.92 Å². The lowest BCUT2D eigenvalue weighted by molar-refractivity contribution is 0.485. The maximum Gasteiger partial charge on any atom is 0.265 e. The second kappa shape index (κ2) is 5.29. The maximum absolute atomic E-state index is 10.1. The summed E-state index contributed by atoms with van der Waals surface area (Å²) in [5.74, 6) is 1.26. The third kappa shape index (κ3) is 8.61. The first kappa shape index (κ1) is 10.6. The number of rotatable bonds is 5. The molecule has 0 aliphatic rings. The van der Waals surface area contributed by atoms with Crippen molar-refractivity contribution in [3.05, 3.63) is 0 Å². The van der Waals surface area contributed by atoms with Gasteiger partial charge in [-0.05, 0) is 0 Å². The van der Waals surface area contributed by atoms with E-state index in [-0.39, 0.29) is 5.75 Å². The van der Waals surface area contributed by atoms with Gasteiger partial charge in [0, 0.05) is 11.5 Å². The van der Waals surface area contributed by atoms with Gasteiger partial charge >= 0.3 is 0 Å². The van der Waals surface area contributed by atoms with Crippen LogP contribution in [-0.2, 0) is 10.1 Å². The van der Waals surface area contributed by atoms with Gasteiger partial charge in [-0.15, -0.1) is 0 Å². The van der Waals surface area contributed by atoms with Gasteiger partial charge in [-0.25, -0.2) is 0 Å². The SMILES string of the molecule is CCSSCCS(=O)(=O)O. The van der Waals surface area contributed by atoms with Crippen LogP contribution in [0.3, 0.4) is 0 Å². The molecule has 0 fully saturated rings. The molecule has 0 heterocycles. The summed E-state index contributed by atoms with van der Waals surface area (Å²) in [5, 5.41) is 0. The zero-order valence-electron chi connectivity index (χ0n) is 5.61. The van der Waals surface area contributed by atoms with Crippen LogP contribution >= 0.6 is 21.6 Å². The lowest BCUT2D eigenvalue weighted by Gasteiger charge is -1.94. The average Bonchev–Trinajstić information content (AvgIpc) is 1.78. The van der Waals surface area contributed by atoms with Crippen molar-refractivity contribution in [2.75, 3.05) is 17.3 Å². The van der Waals surface area contributed by atoms with Gasteiger partial charge in [-0.1, -0.05) is 28.5 Å². The van der Waals surface area contributed by atoms with Crippen LogP contribution in [0.15, 0.2) is 0 Å². The summed E-state index contributed by atoms with van der Waals surface area (Å²) >= 11 is 0. The Kier molecular flexibility index (Phi) is 5.61. The van der Waals surface area contributed by atoms with Gasteiger partial charge in [0.2, 0.25) is 0 Å². The molecule has 0 atom stereocenters. The van der Waals surface area contributed by atoms with Gasteiger partial charge in [-0.3, -0.25) is 4.55 Å². The summed E-state index contributed by atoms with van der Waals surface area (Å²) in [6.07, 6.45) is 0. The molecule has 3 nitrogen and oxygen atoms in total. The molecule has 62 valence electrons. The molecule has 0 aromatic heterocycles. The van der Waals surface area contributed by atoms with Crippen molar-refractivity contribution < 1.29 is 13.0 Å². The van der Waals surface area contributed by atoms with Crippen LogP contribution in [0.2, 0.25) is 0 Å². The molecule has 0 aromatic carbocycles. The Balaban J connectivity index is 3.21. The van der Waals surface area contributed by atoms with E-state index < -0.39 is 10.1 Å². The minimum absolute atomic E-state index is 0.148. The molecule has 6 heteroatoms. The molecule has 0 bridgehead atoms. The molecule has 1 N–H and O–H groups in total. The highest BCUT2D eigenvalue weighted by Crippen LogP contribution is 2.19. The molecule has 0 aliphatic carbocycles. The fourth-order valence-corrected chi connectivity index (χ4v) is 3.15. The standard InChI is InChI=1S/C4H10O3S3/c1-2-8-9-3-4-10(5,6)7/h2-4H2,1H3,(H,5,6,7). The molecule has 0 spiro atoms. The molecule has 0 aliphatic heterocycles. The molecule has 10 heavy (non-hydrogen) atoms. The quantitative estimate of drug-likeness (QED) is 0.413. The van der Waals surface area contributed by atoms with Gasteiger partial charge < -0.3 is 0 Å². The smallest absolute Gasteiger partial charge is 0.265 e. The Labute approximate surface area is 69.1 Å². The summed E-state index contributed by atoms with van der Waals surface area (Å²) in [6.45, 7) is 1.99. The van der Waals surface area contributed by atoms with Gasteiger partial charge in [-0.2, -0.15) is 8.42 Å². The largest absolute Gasteiger partial charge is 0.286 e. The number of hydrogen-bond donors (Lipinski definition) is 1. The van der Waals surface area contributed by atoms with E-state index in [0.717, 1.165) is 5.75 Å². The van der Waals surface area contributed by atoms with Crippen molar-refractivity contribution >= 4 is 31.7 Å². The minimum atomic E-state index is -3.74. The number of hydrogen-bond acceptors (Lipinski definition) is 4. The highest BCUT2D eigenvalue weighted by atomic mass is 33.1. The Morgan fingerprint density at radius 1 is 1.40 bits per heavy atom. The minimum Gasteiger partial charge on any atom is -0.286 e. The van der Waals surface area contributed by atoms with E-state index in [1.165, 1.54) is 10.8 Å². The Hall–Kier alpha value is 0.610. The highest BCUT2D eigenvalue weighted by Gasteiger charge is 2.02. The van der Waals surface area contributed by atoms with Crippen LogP contribution in [-0.4, -0.2) is 30.2 Å². The predicted octanol–water partition coefficient (Wildman–Crippen LogP) is 1.28. The zero-order valence-corrected chi connectivity index (χ0v) is 8.06. The highest BCUT2D eigenvalue weighted by molar-refractivity contribution is 8.76. The Morgan fingerprint density at radius 3 is 2.40 bits per heavy atom. The molecule has 0 radical (unpaired) electrons. The van der Waals surface area contributed by atoms with E-state index in [0.29, 0.717) is 5.75 Å². The first-order valence-electron chi connectivity index (χ1n) is 2.76. The molecular weight excluding hydrogens is 192 g/mol. The van der Waals surface area contributed by atoms with Gasteiger partial charge in [0.1, 0.15) is 0 Å². The topological polar surface area (TPSA) is 54.4 Å². The van der Waals surface area contributed by atoms with Crippen molar-refractivity contribution in [1.82, 2.24) is 0 Å². The summed E-state index contributed by atoms with van der Waals surface area (Å²) in [7, 11) is -0.691. The van der Waals surface area contributed by atoms with Crippen molar-refractivity contribution in [3.63, 3.8) is 0 Å². The second-order valence-electron chi connectivity index (χ2n) is 1.51. The summed E-state index contributed by atoms with van der Waals surface area (Å²) in [6, 6.07) is 0. The molecule has 0 saturated carbocycles. The molecule has 0 unspecified atom stereocenters. The molecule has 0 rings (SSSR count). The lowest BCUT2D eigenvalue weighted by atomic mass is 11.0. The zero-order chi connectivity index (χ0) is 8.04.